The van der Waals surface area contributed by atoms with E-state index in [0.717, 1.165) is 72.8 Å². The number of hydrogen-bond acceptors (Lipinski definition) is 5. The van der Waals surface area contributed by atoms with Crippen molar-refractivity contribution in [2.24, 2.45) is 0 Å². The molecule has 2 aromatic carbocycles. The highest BCUT2D eigenvalue weighted by molar-refractivity contribution is 6.33. The van der Waals surface area contributed by atoms with Crippen LogP contribution in [0.15, 0.2) is 54.7 Å². The fourth-order valence-electron chi connectivity index (χ4n) is 5.98. The molecular weight excluding hydrogens is 517 g/mol. The summed E-state index contributed by atoms with van der Waals surface area (Å²) in [5.74, 6) is 1.01. The second-order valence-electron chi connectivity index (χ2n) is 10.6. The summed E-state index contributed by atoms with van der Waals surface area (Å²) < 4.78 is 0. The first-order valence-electron chi connectivity index (χ1n) is 13.6. The van der Waals surface area contributed by atoms with Gasteiger partial charge in [0.25, 0.3) is 5.91 Å². The van der Waals surface area contributed by atoms with Gasteiger partial charge in [0.2, 0.25) is 0 Å². The summed E-state index contributed by atoms with van der Waals surface area (Å²) in [7, 11) is 0. The van der Waals surface area contributed by atoms with Gasteiger partial charge in [-0.1, -0.05) is 35.3 Å². The van der Waals surface area contributed by atoms with E-state index in [9.17, 15) is 4.79 Å². The van der Waals surface area contributed by atoms with Gasteiger partial charge < -0.3 is 20.0 Å². The lowest BCUT2D eigenvalue weighted by Crippen LogP contribution is -2.42. The molecule has 0 bridgehead atoms. The highest BCUT2D eigenvalue weighted by Crippen LogP contribution is 2.34. The van der Waals surface area contributed by atoms with Crippen molar-refractivity contribution in [2.45, 2.75) is 38.3 Å². The number of aromatic nitrogens is 1. The smallest absolute Gasteiger partial charge is 0.254 e. The molecule has 198 valence electrons. The number of nitrogens with one attached hydrogen (secondary N) is 1. The molecule has 1 aromatic heterocycles. The summed E-state index contributed by atoms with van der Waals surface area (Å²) in [5.41, 5.74) is 4.84. The number of fused-ring (bicyclic) bond motifs is 1. The third kappa shape index (κ3) is 5.35. The maximum Gasteiger partial charge on any atom is 0.254 e. The Bertz CT molecular complexity index is 1310. The Morgan fingerprint density at radius 3 is 2.58 bits per heavy atom. The van der Waals surface area contributed by atoms with Gasteiger partial charge in [-0.3, -0.25) is 4.79 Å². The van der Waals surface area contributed by atoms with Crippen molar-refractivity contribution in [2.75, 3.05) is 49.5 Å². The number of carbonyl (C=O) groups is 1. The van der Waals surface area contributed by atoms with Crippen LogP contribution in [0.1, 0.15) is 41.6 Å². The average Bonchev–Trinajstić information content (AvgIpc) is 3.63. The fraction of sp³-hybridized carbons (Fsp3) is 0.400. The first-order valence-corrected chi connectivity index (χ1v) is 14.4. The molecule has 0 radical (unpaired) electrons. The maximum atomic E-state index is 13.4. The van der Waals surface area contributed by atoms with Crippen molar-refractivity contribution in [3.63, 3.8) is 0 Å². The minimum Gasteiger partial charge on any atom is -0.367 e. The van der Waals surface area contributed by atoms with Crippen molar-refractivity contribution >= 4 is 40.6 Å². The number of hydrogen-bond donors (Lipinski definition) is 1. The molecule has 38 heavy (non-hydrogen) atoms. The highest BCUT2D eigenvalue weighted by atomic mass is 35.5. The molecule has 1 atom stereocenters. The molecule has 1 N–H and O–H groups in total. The molecule has 2 saturated heterocycles. The van der Waals surface area contributed by atoms with Gasteiger partial charge in [0.05, 0.1) is 5.69 Å². The standard InChI is InChI=1S/C30H33Cl2N5O/c31-25-9-10-27(32)24(16-25)19-36-15-11-33-29-28(36)17-23(18-34-29)21-5-7-22(8-6-21)30(38)37-14-3-4-26(37)20-35-12-1-2-13-35/h5-10,16-18,26H,1-4,11-15,19-20H2,(H,33,34). The number of halogens is 2. The molecule has 6 rings (SSSR count). The molecule has 1 amide bonds. The Hall–Kier alpha value is -2.80. The van der Waals surface area contributed by atoms with E-state index in [0.29, 0.717) is 22.6 Å². The average molecular weight is 551 g/mol. The first-order chi connectivity index (χ1) is 18.5. The molecule has 3 aromatic rings. The zero-order valence-corrected chi connectivity index (χ0v) is 23.0. The van der Waals surface area contributed by atoms with Gasteiger partial charge >= 0.3 is 0 Å². The normalized spacial score (nSPS) is 19.5. The molecule has 3 aliphatic rings. The number of anilines is 2. The second kappa shape index (κ2) is 11.1. The lowest BCUT2D eigenvalue weighted by Gasteiger charge is -2.32. The zero-order valence-electron chi connectivity index (χ0n) is 21.5. The van der Waals surface area contributed by atoms with E-state index >= 15 is 0 Å². The minimum absolute atomic E-state index is 0.149. The number of rotatable bonds is 6. The lowest BCUT2D eigenvalue weighted by molar-refractivity contribution is 0.0709. The van der Waals surface area contributed by atoms with Crippen LogP contribution in [-0.2, 0) is 6.54 Å². The summed E-state index contributed by atoms with van der Waals surface area (Å²) in [6.45, 7) is 6.50. The van der Waals surface area contributed by atoms with E-state index in [2.05, 4.69) is 26.1 Å². The van der Waals surface area contributed by atoms with Crippen molar-refractivity contribution in [1.29, 1.82) is 0 Å². The van der Waals surface area contributed by atoms with Crippen LogP contribution in [0.2, 0.25) is 10.0 Å². The number of likely N-dealkylation sites (tertiary alicyclic amines) is 2. The van der Waals surface area contributed by atoms with E-state index in [1.807, 2.05) is 48.7 Å². The van der Waals surface area contributed by atoms with Gasteiger partial charge in [0, 0.05) is 66.1 Å². The molecule has 0 saturated carbocycles. The van der Waals surface area contributed by atoms with Crippen LogP contribution in [0.3, 0.4) is 0 Å². The molecule has 8 heteroatoms. The third-order valence-corrected chi connectivity index (χ3v) is 8.63. The van der Waals surface area contributed by atoms with Gasteiger partial charge in [-0.15, -0.1) is 0 Å². The fourth-order valence-corrected chi connectivity index (χ4v) is 6.35. The number of pyridine rings is 1. The zero-order chi connectivity index (χ0) is 26.1. The summed E-state index contributed by atoms with van der Waals surface area (Å²) in [6.07, 6.45) is 6.65. The highest BCUT2D eigenvalue weighted by Gasteiger charge is 2.31. The monoisotopic (exact) mass is 549 g/mol. The molecule has 0 spiro atoms. The molecule has 3 aliphatic heterocycles. The Balaban J connectivity index is 1.19. The van der Waals surface area contributed by atoms with E-state index in [1.165, 1.54) is 25.9 Å². The SMILES string of the molecule is O=C(c1ccc(-c2cnc3c(c2)N(Cc2cc(Cl)ccc2Cl)CCN3)cc1)N1CCCC1CN1CCCC1. The van der Waals surface area contributed by atoms with Crippen molar-refractivity contribution in [3.05, 3.63) is 75.9 Å². The molecular formula is C30H33Cl2N5O. The lowest BCUT2D eigenvalue weighted by atomic mass is 10.0. The van der Waals surface area contributed by atoms with Crippen LogP contribution in [0.4, 0.5) is 11.5 Å². The predicted octanol–water partition coefficient (Wildman–Crippen LogP) is 6.19. The van der Waals surface area contributed by atoms with E-state index < -0.39 is 0 Å². The third-order valence-electron chi connectivity index (χ3n) is 8.02. The second-order valence-corrected chi connectivity index (χ2v) is 11.4. The first kappa shape index (κ1) is 25.5. The Kier molecular flexibility index (Phi) is 7.46. The predicted molar refractivity (Wildman–Crippen MR) is 155 cm³/mol. The molecule has 6 nitrogen and oxygen atoms in total. The molecule has 1 unspecified atom stereocenters. The number of carbonyl (C=O) groups excluding carboxylic acids is 1. The summed E-state index contributed by atoms with van der Waals surface area (Å²) in [5, 5.41) is 4.79. The largest absolute Gasteiger partial charge is 0.367 e. The van der Waals surface area contributed by atoms with Crippen LogP contribution in [0.5, 0.6) is 0 Å². The van der Waals surface area contributed by atoms with E-state index in [1.54, 1.807) is 0 Å². The molecule has 4 heterocycles. The number of nitrogens with zero attached hydrogens (tertiary/aromatic N) is 4. The van der Waals surface area contributed by atoms with Gasteiger partial charge in [0.15, 0.2) is 0 Å². The number of amides is 1. The molecule has 0 aliphatic carbocycles. The maximum absolute atomic E-state index is 13.4. The van der Waals surface area contributed by atoms with Gasteiger partial charge in [0.1, 0.15) is 5.82 Å². The summed E-state index contributed by atoms with van der Waals surface area (Å²) in [4.78, 5) is 25.0. The van der Waals surface area contributed by atoms with Crippen LogP contribution >= 0.6 is 23.2 Å². The van der Waals surface area contributed by atoms with Gasteiger partial charge in [-0.2, -0.15) is 0 Å². The Labute approximate surface area is 234 Å². The summed E-state index contributed by atoms with van der Waals surface area (Å²) >= 11 is 12.7. The van der Waals surface area contributed by atoms with E-state index in [4.69, 9.17) is 28.2 Å². The van der Waals surface area contributed by atoms with Crippen molar-refractivity contribution in [1.82, 2.24) is 14.8 Å². The number of benzene rings is 2. The minimum atomic E-state index is 0.149. The van der Waals surface area contributed by atoms with Crippen molar-refractivity contribution in [3.8, 4) is 11.1 Å². The Morgan fingerprint density at radius 2 is 1.76 bits per heavy atom. The molecule has 2 fully saturated rings. The summed E-state index contributed by atoms with van der Waals surface area (Å²) in [6, 6.07) is 16.1. The topological polar surface area (TPSA) is 51.7 Å². The quantitative estimate of drug-likeness (QED) is 0.397. The van der Waals surface area contributed by atoms with Crippen LogP contribution in [-0.4, -0.2) is 66.0 Å². The van der Waals surface area contributed by atoms with Crippen LogP contribution in [0.25, 0.3) is 11.1 Å². The van der Waals surface area contributed by atoms with Crippen LogP contribution < -0.4 is 10.2 Å². The van der Waals surface area contributed by atoms with Crippen LogP contribution in [0, 0.1) is 0 Å². The van der Waals surface area contributed by atoms with Crippen molar-refractivity contribution < 1.29 is 4.79 Å². The van der Waals surface area contributed by atoms with Gasteiger partial charge in [-0.25, -0.2) is 4.98 Å². The van der Waals surface area contributed by atoms with E-state index in [-0.39, 0.29) is 5.91 Å². The van der Waals surface area contributed by atoms with Gasteiger partial charge in [-0.05, 0) is 86.3 Å². The Morgan fingerprint density at radius 1 is 0.947 bits per heavy atom.